The first-order chi connectivity index (χ1) is 14.9. The number of hydrogen-bond acceptors (Lipinski definition) is 5. The third kappa shape index (κ3) is 7.36. The van der Waals surface area contributed by atoms with Gasteiger partial charge in [-0.15, -0.1) is 0 Å². The van der Waals surface area contributed by atoms with Crippen molar-refractivity contribution in [2.75, 3.05) is 19.6 Å². The van der Waals surface area contributed by atoms with Gasteiger partial charge < -0.3 is 19.9 Å². The summed E-state index contributed by atoms with van der Waals surface area (Å²) in [6.07, 6.45) is 0.589. The van der Waals surface area contributed by atoms with Gasteiger partial charge in [0, 0.05) is 32.2 Å². The maximum atomic E-state index is 5.83. The Morgan fingerprint density at radius 2 is 1.81 bits per heavy atom. The molecule has 2 N–H and O–H groups in total. The lowest BCUT2D eigenvalue weighted by molar-refractivity contribution is -0.0704. The molecular weight excluding hydrogens is 390 g/mol. The van der Waals surface area contributed by atoms with Gasteiger partial charge in [-0.1, -0.05) is 43.3 Å². The summed E-state index contributed by atoms with van der Waals surface area (Å²) in [6.45, 7) is 15.5. The van der Waals surface area contributed by atoms with Crippen LogP contribution in [-0.4, -0.2) is 47.9 Å². The van der Waals surface area contributed by atoms with E-state index < -0.39 is 0 Å². The minimum Gasteiger partial charge on any atom is -0.373 e. The lowest BCUT2D eigenvalue weighted by Crippen LogP contribution is -2.44. The maximum absolute atomic E-state index is 5.83. The van der Waals surface area contributed by atoms with Crippen LogP contribution in [0.5, 0.6) is 0 Å². The fourth-order valence-electron chi connectivity index (χ4n) is 3.79. The molecule has 2 aromatic rings. The van der Waals surface area contributed by atoms with Crippen molar-refractivity contribution in [2.45, 2.75) is 72.4 Å². The summed E-state index contributed by atoms with van der Waals surface area (Å²) in [5.74, 6) is 1.94. The highest BCUT2D eigenvalue weighted by atomic mass is 16.5. The number of ether oxygens (including phenoxy) is 1. The number of benzene rings is 1. The molecular formula is C24H37N5O2. The van der Waals surface area contributed by atoms with Gasteiger partial charge in [0.2, 0.25) is 0 Å². The highest BCUT2D eigenvalue weighted by molar-refractivity contribution is 5.79. The van der Waals surface area contributed by atoms with E-state index >= 15 is 0 Å². The molecule has 0 radical (unpaired) electrons. The number of rotatable bonds is 8. The quantitative estimate of drug-likeness (QED) is 0.495. The molecule has 0 amide bonds. The van der Waals surface area contributed by atoms with Crippen molar-refractivity contribution in [3.05, 3.63) is 52.9 Å². The molecule has 170 valence electrons. The Bertz CT molecular complexity index is 821. The highest BCUT2D eigenvalue weighted by Gasteiger charge is 2.21. The Hall–Kier alpha value is -2.38. The van der Waals surface area contributed by atoms with Crippen LogP contribution >= 0.6 is 0 Å². The van der Waals surface area contributed by atoms with Crippen molar-refractivity contribution in [3.63, 3.8) is 0 Å². The van der Waals surface area contributed by atoms with Crippen LogP contribution in [-0.2, 0) is 24.4 Å². The fraction of sp³-hybridized carbons (Fsp3) is 0.583. The Balaban J connectivity index is 1.52. The molecule has 31 heavy (non-hydrogen) atoms. The van der Waals surface area contributed by atoms with Crippen molar-refractivity contribution in [1.82, 2.24) is 20.7 Å². The first-order valence-electron chi connectivity index (χ1n) is 11.4. The zero-order valence-corrected chi connectivity index (χ0v) is 19.5. The highest BCUT2D eigenvalue weighted by Crippen LogP contribution is 2.15. The molecule has 2 atom stereocenters. The van der Waals surface area contributed by atoms with E-state index in [-0.39, 0.29) is 0 Å². The molecule has 0 bridgehead atoms. The predicted molar refractivity (Wildman–Crippen MR) is 124 cm³/mol. The van der Waals surface area contributed by atoms with E-state index in [2.05, 4.69) is 79.6 Å². The number of guanidine groups is 1. The van der Waals surface area contributed by atoms with Gasteiger partial charge in [0.1, 0.15) is 0 Å². The van der Waals surface area contributed by atoms with E-state index in [0.717, 1.165) is 43.6 Å². The summed E-state index contributed by atoms with van der Waals surface area (Å²) in [7, 11) is 0. The molecule has 2 heterocycles. The summed E-state index contributed by atoms with van der Waals surface area (Å²) in [6, 6.07) is 10.7. The van der Waals surface area contributed by atoms with Crippen LogP contribution in [0.3, 0.4) is 0 Å². The molecule has 0 saturated carbocycles. The van der Waals surface area contributed by atoms with Crippen LogP contribution in [0, 0.1) is 0 Å². The average molecular weight is 428 g/mol. The Kier molecular flexibility index (Phi) is 8.49. The minimum absolute atomic E-state index is 0.295. The number of hydrogen-bond donors (Lipinski definition) is 2. The van der Waals surface area contributed by atoms with Gasteiger partial charge >= 0.3 is 0 Å². The van der Waals surface area contributed by atoms with Gasteiger partial charge in [-0.05, 0) is 37.8 Å². The summed E-state index contributed by atoms with van der Waals surface area (Å²) < 4.78 is 11.2. The van der Waals surface area contributed by atoms with E-state index in [1.165, 1.54) is 11.1 Å². The number of morpholine rings is 1. The molecule has 1 aliphatic heterocycles. The molecule has 1 aromatic heterocycles. The van der Waals surface area contributed by atoms with Gasteiger partial charge in [0.15, 0.2) is 11.7 Å². The maximum Gasteiger partial charge on any atom is 0.191 e. The minimum atomic E-state index is 0.295. The molecule has 1 saturated heterocycles. The SMILES string of the molecule is CCNC(=NCc1ccc(CN2CC(C)OC(C)C2)cc1)NCc1cc(C(C)C)no1. The molecule has 1 aromatic carbocycles. The van der Waals surface area contributed by atoms with E-state index in [4.69, 9.17) is 14.3 Å². The lowest BCUT2D eigenvalue weighted by Gasteiger charge is -2.35. The molecule has 1 fully saturated rings. The zero-order valence-electron chi connectivity index (χ0n) is 19.5. The van der Waals surface area contributed by atoms with Crippen LogP contribution in [0.25, 0.3) is 0 Å². The second-order valence-electron chi connectivity index (χ2n) is 8.69. The summed E-state index contributed by atoms with van der Waals surface area (Å²) in [5.41, 5.74) is 3.48. The third-order valence-electron chi connectivity index (χ3n) is 5.29. The average Bonchev–Trinajstić information content (AvgIpc) is 3.20. The first-order valence-corrected chi connectivity index (χ1v) is 11.4. The van der Waals surface area contributed by atoms with Gasteiger partial charge in [-0.3, -0.25) is 4.90 Å². The number of aliphatic imine (C=N–C) groups is 1. The van der Waals surface area contributed by atoms with Crippen molar-refractivity contribution < 1.29 is 9.26 Å². The van der Waals surface area contributed by atoms with Crippen molar-refractivity contribution >= 4 is 5.96 Å². The number of nitrogens with one attached hydrogen (secondary N) is 2. The third-order valence-corrected chi connectivity index (χ3v) is 5.29. The van der Waals surface area contributed by atoms with E-state index in [0.29, 0.717) is 31.2 Å². The molecule has 0 aliphatic carbocycles. The van der Waals surface area contributed by atoms with Gasteiger partial charge in [-0.2, -0.15) is 0 Å². The Labute approximate surface area is 186 Å². The normalized spacial score (nSPS) is 20.3. The summed E-state index contributed by atoms with van der Waals surface area (Å²) in [5, 5.41) is 10.7. The smallest absolute Gasteiger partial charge is 0.191 e. The Morgan fingerprint density at radius 1 is 1.13 bits per heavy atom. The van der Waals surface area contributed by atoms with E-state index in [1.807, 2.05) is 6.07 Å². The monoisotopic (exact) mass is 427 g/mol. The van der Waals surface area contributed by atoms with Crippen molar-refractivity contribution in [2.24, 2.45) is 4.99 Å². The van der Waals surface area contributed by atoms with Gasteiger partial charge in [-0.25, -0.2) is 4.99 Å². The van der Waals surface area contributed by atoms with Gasteiger partial charge in [0.05, 0.1) is 31.0 Å². The molecule has 2 unspecified atom stereocenters. The van der Waals surface area contributed by atoms with Gasteiger partial charge in [0.25, 0.3) is 0 Å². The summed E-state index contributed by atoms with van der Waals surface area (Å²) >= 11 is 0. The molecule has 7 nitrogen and oxygen atoms in total. The van der Waals surface area contributed by atoms with Crippen molar-refractivity contribution in [1.29, 1.82) is 0 Å². The fourth-order valence-corrected chi connectivity index (χ4v) is 3.79. The van der Waals surface area contributed by atoms with Crippen LogP contribution in [0.1, 0.15) is 63.1 Å². The second-order valence-corrected chi connectivity index (χ2v) is 8.69. The van der Waals surface area contributed by atoms with Crippen LogP contribution < -0.4 is 10.6 Å². The Morgan fingerprint density at radius 3 is 2.42 bits per heavy atom. The molecule has 7 heteroatoms. The predicted octanol–water partition coefficient (Wildman–Crippen LogP) is 3.66. The van der Waals surface area contributed by atoms with Crippen LogP contribution in [0.15, 0.2) is 39.8 Å². The second kappa shape index (κ2) is 11.3. The lowest BCUT2D eigenvalue weighted by atomic mass is 10.1. The standard InChI is InChI=1S/C24H37N5O2/c1-6-25-24(27-13-22-11-23(17(2)3)28-31-22)26-12-20-7-9-21(10-8-20)16-29-14-18(4)30-19(5)15-29/h7-11,17-19H,6,12-16H2,1-5H3,(H2,25,26,27). The number of aromatic nitrogens is 1. The van der Waals surface area contributed by atoms with Crippen molar-refractivity contribution in [3.8, 4) is 0 Å². The largest absolute Gasteiger partial charge is 0.373 e. The van der Waals surface area contributed by atoms with E-state index in [9.17, 15) is 0 Å². The van der Waals surface area contributed by atoms with Crippen LogP contribution in [0.4, 0.5) is 0 Å². The van der Waals surface area contributed by atoms with E-state index in [1.54, 1.807) is 0 Å². The zero-order chi connectivity index (χ0) is 22.2. The number of nitrogens with zero attached hydrogens (tertiary/aromatic N) is 3. The van der Waals surface area contributed by atoms with Crippen LogP contribution in [0.2, 0.25) is 0 Å². The topological polar surface area (TPSA) is 74.9 Å². The molecule has 3 rings (SSSR count). The molecule has 0 spiro atoms. The molecule has 1 aliphatic rings. The summed E-state index contributed by atoms with van der Waals surface area (Å²) in [4.78, 5) is 7.18. The first kappa shape index (κ1) is 23.3.